The molecule has 0 unspecified atom stereocenters. The maximum Gasteiger partial charge on any atom is 0.204 e. The minimum absolute atomic E-state index is 0.713. The van der Waals surface area contributed by atoms with Gasteiger partial charge in [0.2, 0.25) is 5.66 Å². The number of benzene rings is 4. The Bertz CT molecular complexity index is 1070. The standard InChI is InChI=1S/C26H21N3/c1-5-13-21(14-6-1)25-27-26(22-15-7-2-8-16-22,23-17-9-3-10-18-23)29(28-25)24-19-11-4-12-20-24/h1-20H,(H,27,28). The summed E-state index contributed by atoms with van der Waals surface area (Å²) < 4.78 is 0. The zero-order chi connectivity index (χ0) is 19.5. The van der Waals surface area contributed by atoms with E-state index < -0.39 is 5.66 Å². The Morgan fingerprint density at radius 2 is 1.00 bits per heavy atom. The molecule has 3 nitrogen and oxygen atoms in total. The zero-order valence-electron chi connectivity index (χ0n) is 15.9. The molecule has 5 rings (SSSR count). The molecule has 1 N–H and O–H groups in total. The molecular formula is C26H21N3. The first kappa shape index (κ1) is 17.3. The van der Waals surface area contributed by atoms with E-state index in [2.05, 4.69) is 95.4 Å². The summed E-state index contributed by atoms with van der Waals surface area (Å²) in [6.45, 7) is 0. The van der Waals surface area contributed by atoms with E-state index in [0.29, 0.717) is 0 Å². The Balaban J connectivity index is 1.79. The third kappa shape index (κ3) is 2.97. The highest BCUT2D eigenvalue weighted by molar-refractivity contribution is 6.02. The number of rotatable bonds is 4. The summed E-state index contributed by atoms with van der Waals surface area (Å²) in [4.78, 5) is 5.32. The summed E-state index contributed by atoms with van der Waals surface area (Å²) in [5.41, 5.74) is 7.20. The van der Waals surface area contributed by atoms with Crippen LogP contribution in [0.1, 0.15) is 16.7 Å². The maximum absolute atomic E-state index is 5.32. The summed E-state index contributed by atoms with van der Waals surface area (Å²) >= 11 is 0. The molecule has 0 amide bonds. The predicted molar refractivity (Wildman–Crippen MR) is 119 cm³/mol. The van der Waals surface area contributed by atoms with Crippen LogP contribution < -0.4 is 10.4 Å². The SMILES string of the molecule is c1ccc(C2=NC(c3ccccc3)(c3ccccc3)N(c3ccccc3)N2)cc1. The van der Waals surface area contributed by atoms with Crippen LogP contribution in [0.15, 0.2) is 126 Å². The predicted octanol–water partition coefficient (Wildman–Crippen LogP) is 5.36. The third-order valence-electron chi connectivity index (χ3n) is 5.23. The van der Waals surface area contributed by atoms with Crippen molar-refractivity contribution in [1.82, 2.24) is 5.43 Å². The smallest absolute Gasteiger partial charge is 0.204 e. The number of hydrazine groups is 1. The number of para-hydroxylation sites is 1. The molecule has 4 aromatic rings. The summed E-state index contributed by atoms with van der Waals surface area (Å²) in [6.07, 6.45) is 0. The van der Waals surface area contributed by atoms with E-state index in [1.54, 1.807) is 0 Å². The van der Waals surface area contributed by atoms with Crippen molar-refractivity contribution in [3.8, 4) is 0 Å². The highest BCUT2D eigenvalue weighted by Crippen LogP contribution is 2.42. The van der Waals surface area contributed by atoms with Crippen molar-refractivity contribution in [2.75, 3.05) is 5.01 Å². The number of nitrogens with one attached hydrogen (secondary N) is 1. The van der Waals surface area contributed by atoms with Gasteiger partial charge in [-0.25, -0.2) is 4.99 Å². The molecular weight excluding hydrogens is 354 g/mol. The van der Waals surface area contributed by atoms with Gasteiger partial charge in [0.15, 0.2) is 0 Å². The molecule has 0 saturated carbocycles. The van der Waals surface area contributed by atoms with Crippen LogP contribution in [-0.2, 0) is 5.66 Å². The second-order valence-electron chi connectivity index (χ2n) is 7.01. The molecule has 0 saturated heterocycles. The van der Waals surface area contributed by atoms with Crippen LogP contribution in [0.25, 0.3) is 0 Å². The summed E-state index contributed by atoms with van der Waals surface area (Å²) in [6, 6.07) is 41.5. The molecule has 140 valence electrons. The topological polar surface area (TPSA) is 27.6 Å². The normalized spacial score (nSPS) is 14.9. The van der Waals surface area contributed by atoms with E-state index in [1.165, 1.54) is 0 Å². The van der Waals surface area contributed by atoms with E-state index in [1.807, 2.05) is 36.4 Å². The number of anilines is 1. The molecule has 3 heteroatoms. The lowest BCUT2D eigenvalue weighted by Crippen LogP contribution is -2.49. The van der Waals surface area contributed by atoms with Gasteiger partial charge in [-0.05, 0) is 12.1 Å². The highest BCUT2D eigenvalue weighted by Gasteiger charge is 2.46. The number of hydrogen-bond donors (Lipinski definition) is 1. The molecule has 0 bridgehead atoms. The molecule has 0 aliphatic carbocycles. The third-order valence-corrected chi connectivity index (χ3v) is 5.23. The number of aliphatic imine (C=N–C) groups is 1. The highest BCUT2D eigenvalue weighted by atomic mass is 15.6. The number of hydrogen-bond acceptors (Lipinski definition) is 3. The maximum atomic E-state index is 5.32. The van der Waals surface area contributed by atoms with Crippen molar-refractivity contribution >= 4 is 11.5 Å². The Labute approximate surface area is 171 Å². The molecule has 1 aliphatic rings. The summed E-state index contributed by atoms with van der Waals surface area (Å²) in [7, 11) is 0. The first-order valence-corrected chi connectivity index (χ1v) is 9.76. The Morgan fingerprint density at radius 3 is 1.52 bits per heavy atom. The molecule has 29 heavy (non-hydrogen) atoms. The van der Waals surface area contributed by atoms with Crippen molar-refractivity contribution < 1.29 is 0 Å². The minimum Gasteiger partial charge on any atom is -0.278 e. The summed E-state index contributed by atoms with van der Waals surface area (Å²) in [5.74, 6) is 0.849. The van der Waals surface area contributed by atoms with Crippen LogP contribution in [0.4, 0.5) is 5.69 Å². The van der Waals surface area contributed by atoms with Gasteiger partial charge in [0.25, 0.3) is 0 Å². The molecule has 1 heterocycles. The van der Waals surface area contributed by atoms with Gasteiger partial charge in [-0.15, -0.1) is 0 Å². The van der Waals surface area contributed by atoms with Crippen molar-refractivity contribution in [3.05, 3.63) is 138 Å². The second-order valence-corrected chi connectivity index (χ2v) is 7.01. The Morgan fingerprint density at radius 1 is 0.552 bits per heavy atom. The zero-order valence-corrected chi connectivity index (χ0v) is 15.9. The average molecular weight is 375 g/mol. The lowest BCUT2D eigenvalue weighted by atomic mass is 9.90. The van der Waals surface area contributed by atoms with Gasteiger partial charge in [-0.3, -0.25) is 10.4 Å². The monoisotopic (exact) mass is 375 g/mol. The summed E-state index contributed by atoms with van der Waals surface area (Å²) in [5, 5.41) is 2.17. The Hall–Kier alpha value is -3.85. The van der Waals surface area contributed by atoms with E-state index in [4.69, 9.17) is 4.99 Å². The minimum atomic E-state index is -0.713. The number of amidine groups is 1. The fourth-order valence-corrected chi connectivity index (χ4v) is 3.87. The number of nitrogens with zero attached hydrogens (tertiary/aromatic N) is 2. The Kier molecular flexibility index (Phi) is 4.34. The van der Waals surface area contributed by atoms with Gasteiger partial charge in [0, 0.05) is 16.7 Å². The first-order valence-electron chi connectivity index (χ1n) is 9.76. The molecule has 0 radical (unpaired) electrons. The van der Waals surface area contributed by atoms with Gasteiger partial charge in [0.05, 0.1) is 5.69 Å². The lowest BCUT2D eigenvalue weighted by Gasteiger charge is -2.38. The molecule has 1 aliphatic heterocycles. The fraction of sp³-hybridized carbons (Fsp3) is 0.0385. The van der Waals surface area contributed by atoms with Gasteiger partial charge in [-0.2, -0.15) is 0 Å². The fourth-order valence-electron chi connectivity index (χ4n) is 3.87. The van der Waals surface area contributed by atoms with Crippen LogP contribution in [0.2, 0.25) is 0 Å². The van der Waals surface area contributed by atoms with Gasteiger partial charge >= 0.3 is 0 Å². The molecule has 4 aromatic carbocycles. The van der Waals surface area contributed by atoms with E-state index >= 15 is 0 Å². The van der Waals surface area contributed by atoms with Crippen molar-refractivity contribution in [3.63, 3.8) is 0 Å². The van der Waals surface area contributed by atoms with Crippen LogP contribution in [0.3, 0.4) is 0 Å². The lowest BCUT2D eigenvalue weighted by molar-refractivity contribution is 0.515. The van der Waals surface area contributed by atoms with Crippen molar-refractivity contribution in [2.24, 2.45) is 4.99 Å². The molecule has 0 spiro atoms. The molecule has 0 aromatic heterocycles. The van der Waals surface area contributed by atoms with Crippen molar-refractivity contribution in [1.29, 1.82) is 0 Å². The van der Waals surface area contributed by atoms with Crippen molar-refractivity contribution in [2.45, 2.75) is 5.66 Å². The van der Waals surface area contributed by atoms with Crippen LogP contribution in [-0.4, -0.2) is 5.84 Å². The average Bonchev–Trinajstić information content (AvgIpc) is 3.23. The van der Waals surface area contributed by atoms with E-state index in [0.717, 1.165) is 28.2 Å². The van der Waals surface area contributed by atoms with Crippen LogP contribution in [0.5, 0.6) is 0 Å². The van der Waals surface area contributed by atoms with Gasteiger partial charge in [-0.1, -0.05) is 109 Å². The molecule has 0 fully saturated rings. The molecule has 0 atom stereocenters. The van der Waals surface area contributed by atoms with Crippen LogP contribution >= 0.6 is 0 Å². The quantitative estimate of drug-likeness (QED) is 0.520. The van der Waals surface area contributed by atoms with Gasteiger partial charge < -0.3 is 0 Å². The largest absolute Gasteiger partial charge is 0.278 e. The van der Waals surface area contributed by atoms with E-state index in [-0.39, 0.29) is 0 Å². The second kappa shape index (κ2) is 7.28. The van der Waals surface area contributed by atoms with Gasteiger partial charge in [0.1, 0.15) is 5.84 Å². The van der Waals surface area contributed by atoms with E-state index in [9.17, 15) is 0 Å². The van der Waals surface area contributed by atoms with Crippen LogP contribution in [0, 0.1) is 0 Å². The first-order chi connectivity index (χ1) is 14.4.